The molecule has 20 heavy (non-hydrogen) atoms. The number of aromatic amines is 1. The predicted molar refractivity (Wildman–Crippen MR) is 79.9 cm³/mol. The van der Waals surface area contributed by atoms with Crippen molar-refractivity contribution in [2.24, 2.45) is 0 Å². The number of amides is 1. The average Bonchev–Trinajstić information content (AvgIpc) is 2.93. The summed E-state index contributed by atoms with van der Waals surface area (Å²) < 4.78 is 0. The summed E-state index contributed by atoms with van der Waals surface area (Å²) in [5.41, 5.74) is 0.753. The molecule has 0 radical (unpaired) electrons. The molecule has 0 aliphatic carbocycles. The Morgan fingerprint density at radius 3 is 2.85 bits per heavy atom. The third-order valence-electron chi connectivity index (χ3n) is 2.96. The summed E-state index contributed by atoms with van der Waals surface area (Å²) in [6, 6.07) is 5.00. The van der Waals surface area contributed by atoms with Crippen LogP contribution in [-0.2, 0) is 11.2 Å². The third kappa shape index (κ3) is 3.74. The van der Waals surface area contributed by atoms with E-state index in [1.807, 2.05) is 6.92 Å². The normalized spacial score (nSPS) is 12.2. The largest absolute Gasteiger partial charge is 0.347 e. The van der Waals surface area contributed by atoms with Gasteiger partial charge in [-0.25, -0.2) is 4.98 Å². The first-order valence-corrected chi connectivity index (χ1v) is 7.08. The highest BCUT2D eigenvalue weighted by Crippen LogP contribution is 2.21. The number of halogens is 2. The minimum absolute atomic E-state index is 0.0996. The molecule has 106 valence electrons. The Bertz CT molecular complexity index is 584. The Balaban J connectivity index is 2.01. The molecule has 1 heterocycles. The van der Waals surface area contributed by atoms with E-state index in [-0.39, 0.29) is 18.4 Å². The Hall–Kier alpha value is -1.52. The summed E-state index contributed by atoms with van der Waals surface area (Å²) >= 11 is 11.9. The van der Waals surface area contributed by atoms with Gasteiger partial charge in [0.25, 0.3) is 0 Å². The summed E-state index contributed by atoms with van der Waals surface area (Å²) in [6.07, 6.45) is 4.38. The summed E-state index contributed by atoms with van der Waals surface area (Å²) in [5, 5.41) is 3.99. The molecule has 0 spiro atoms. The Morgan fingerprint density at radius 1 is 1.45 bits per heavy atom. The van der Waals surface area contributed by atoms with Crippen molar-refractivity contribution in [1.29, 1.82) is 0 Å². The molecule has 1 amide bonds. The highest BCUT2D eigenvalue weighted by atomic mass is 35.5. The van der Waals surface area contributed by atoms with Crippen molar-refractivity contribution in [2.75, 3.05) is 0 Å². The highest BCUT2D eigenvalue weighted by Gasteiger charge is 2.15. The quantitative estimate of drug-likeness (QED) is 0.887. The van der Waals surface area contributed by atoms with Gasteiger partial charge in [-0.3, -0.25) is 4.79 Å². The molecule has 0 saturated heterocycles. The van der Waals surface area contributed by atoms with Crippen molar-refractivity contribution >= 4 is 29.1 Å². The van der Waals surface area contributed by atoms with Crippen LogP contribution < -0.4 is 5.32 Å². The zero-order valence-corrected chi connectivity index (χ0v) is 12.5. The van der Waals surface area contributed by atoms with Gasteiger partial charge in [0.2, 0.25) is 5.91 Å². The summed E-state index contributed by atoms with van der Waals surface area (Å²) in [4.78, 5) is 19.2. The van der Waals surface area contributed by atoms with Crippen LogP contribution in [0.2, 0.25) is 10.0 Å². The van der Waals surface area contributed by atoms with Gasteiger partial charge in [0.1, 0.15) is 5.82 Å². The van der Waals surface area contributed by atoms with Gasteiger partial charge in [-0.2, -0.15) is 0 Å². The number of aromatic nitrogens is 2. The molecule has 1 unspecified atom stereocenters. The number of benzene rings is 1. The van der Waals surface area contributed by atoms with E-state index < -0.39 is 0 Å². The Kier molecular flexibility index (Phi) is 5.04. The van der Waals surface area contributed by atoms with Crippen LogP contribution >= 0.6 is 23.2 Å². The average molecular weight is 312 g/mol. The van der Waals surface area contributed by atoms with E-state index >= 15 is 0 Å². The van der Waals surface area contributed by atoms with Crippen LogP contribution in [0.4, 0.5) is 0 Å². The van der Waals surface area contributed by atoms with Crippen molar-refractivity contribution in [2.45, 2.75) is 25.8 Å². The molecule has 0 saturated carbocycles. The summed E-state index contributed by atoms with van der Waals surface area (Å²) in [6.45, 7) is 1.99. The third-order valence-corrected chi connectivity index (χ3v) is 3.55. The molecule has 1 aromatic heterocycles. The number of imidazole rings is 1. The van der Waals surface area contributed by atoms with Crippen molar-refractivity contribution < 1.29 is 4.79 Å². The second-order valence-electron chi connectivity index (χ2n) is 4.42. The van der Waals surface area contributed by atoms with Gasteiger partial charge in [-0.05, 0) is 24.1 Å². The molecule has 2 aromatic rings. The van der Waals surface area contributed by atoms with Gasteiger partial charge < -0.3 is 10.3 Å². The lowest BCUT2D eigenvalue weighted by atomic mass is 10.1. The number of hydrogen-bond acceptors (Lipinski definition) is 2. The minimum atomic E-state index is -0.122. The molecule has 1 atom stereocenters. The fraction of sp³-hybridized carbons (Fsp3) is 0.286. The number of carbonyl (C=O) groups excluding carboxylic acids is 1. The van der Waals surface area contributed by atoms with Crippen LogP contribution in [0.1, 0.15) is 30.8 Å². The number of nitrogens with one attached hydrogen (secondary N) is 2. The molecule has 2 N–H and O–H groups in total. The maximum Gasteiger partial charge on any atom is 0.225 e. The zero-order valence-electron chi connectivity index (χ0n) is 11.0. The summed E-state index contributed by atoms with van der Waals surface area (Å²) in [7, 11) is 0. The molecular formula is C14H15Cl2N3O. The second kappa shape index (κ2) is 6.77. The maximum atomic E-state index is 12.1. The standard InChI is InChI=1S/C14H15Cl2N3O/c1-2-12(14-17-5-6-18-14)19-13(20)7-9-3-4-10(15)8-11(9)16/h3-6,8,12H,2,7H2,1H3,(H,17,18)(H,19,20). The van der Waals surface area contributed by atoms with Crippen LogP contribution in [0.3, 0.4) is 0 Å². The first-order valence-electron chi connectivity index (χ1n) is 6.32. The van der Waals surface area contributed by atoms with Crippen LogP contribution in [0.25, 0.3) is 0 Å². The lowest BCUT2D eigenvalue weighted by Crippen LogP contribution is -2.30. The summed E-state index contributed by atoms with van der Waals surface area (Å²) in [5.74, 6) is 0.653. The lowest BCUT2D eigenvalue weighted by molar-refractivity contribution is -0.121. The SMILES string of the molecule is CCC(NC(=O)Cc1ccc(Cl)cc1Cl)c1ncc[nH]1. The maximum absolute atomic E-state index is 12.1. The van der Waals surface area contributed by atoms with E-state index in [4.69, 9.17) is 23.2 Å². The van der Waals surface area contributed by atoms with Gasteiger partial charge in [0.15, 0.2) is 0 Å². The van der Waals surface area contributed by atoms with E-state index in [1.54, 1.807) is 30.6 Å². The van der Waals surface area contributed by atoms with Gasteiger partial charge in [-0.15, -0.1) is 0 Å². The van der Waals surface area contributed by atoms with E-state index in [9.17, 15) is 4.79 Å². The van der Waals surface area contributed by atoms with Crippen LogP contribution in [0.5, 0.6) is 0 Å². The van der Waals surface area contributed by atoms with Crippen molar-refractivity contribution in [3.05, 3.63) is 52.0 Å². The predicted octanol–water partition coefficient (Wildman–Crippen LogP) is 3.53. The van der Waals surface area contributed by atoms with Crippen LogP contribution in [0.15, 0.2) is 30.6 Å². The molecule has 1 aromatic carbocycles. The van der Waals surface area contributed by atoms with Gasteiger partial charge in [0, 0.05) is 22.4 Å². The van der Waals surface area contributed by atoms with Gasteiger partial charge in [-0.1, -0.05) is 36.2 Å². The molecule has 2 rings (SSSR count). The van der Waals surface area contributed by atoms with Crippen molar-refractivity contribution in [3.63, 3.8) is 0 Å². The number of H-pyrrole nitrogens is 1. The first kappa shape index (κ1) is 14.9. The number of hydrogen-bond donors (Lipinski definition) is 2. The number of carbonyl (C=O) groups is 1. The molecule has 0 bridgehead atoms. The van der Waals surface area contributed by atoms with Crippen LogP contribution in [0, 0.1) is 0 Å². The van der Waals surface area contributed by atoms with Crippen molar-refractivity contribution in [3.8, 4) is 0 Å². The van der Waals surface area contributed by atoms with E-state index in [0.717, 1.165) is 17.8 Å². The number of nitrogens with zero attached hydrogens (tertiary/aromatic N) is 1. The van der Waals surface area contributed by atoms with E-state index in [0.29, 0.717) is 10.0 Å². The molecule has 4 nitrogen and oxygen atoms in total. The highest BCUT2D eigenvalue weighted by molar-refractivity contribution is 6.35. The Labute approximate surface area is 127 Å². The fourth-order valence-electron chi connectivity index (χ4n) is 1.92. The molecule has 6 heteroatoms. The molecule has 0 aliphatic rings. The van der Waals surface area contributed by atoms with E-state index in [2.05, 4.69) is 15.3 Å². The van der Waals surface area contributed by atoms with Gasteiger partial charge >= 0.3 is 0 Å². The first-order chi connectivity index (χ1) is 9.60. The van der Waals surface area contributed by atoms with E-state index in [1.165, 1.54) is 0 Å². The second-order valence-corrected chi connectivity index (χ2v) is 5.26. The molecular weight excluding hydrogens is 297 g/mol. The topological polar surface area (TPSA) is 57.8 Å². The Morgan fingerprint density at radius 2 is 2.25 bits per heavy atom. The lowest BCUT2D eigenvalue weighted by Gasteiger charge is -2.15. The van der Waals surface area contributed by atoms with Crippen LogP contribution in [-0.4, -0.2) is 15.9 Å². The monoisotopic (exact) mass is 311 g/mol. The van der Waals surface area contributed by atoms with Crippen molar-refractivity contribution in [1.82, 2.24) is 15.3 Å². The molecule has 0 aliphatic heterocycles. The van der Waals surface area contributed by atoms with Gasteiger partial charge in [0.05, 0.1) is 12.5 Å². The zero-order chi connectivity index (χ0) is 14.5. The smallest absolute Gasteiger partial charge is 0.225 e. The minimum Gasteiger partial charge on any atom is -0.347 e. The molecule has 0 fully saturated rings. The number of rotatable bonds is 5. The fourth-order valence-corrected chi connectivity index (χ4v) is 2.39.